The number of hydrogen-bond acceptors (Lipinski definition) is 4. The van der Waals surface area contributed by atoms with Gasteiger partial charge in [0.1, 0.15) is 0 Å². The van der Waals surface area contributed by atoms with Gasteiger partial charge in [-0.2, -0.15) is 0 Å². The minimum atomic E-state index is -0.0676. The Morgan fingerprint density at radius 2 is 1.64 bits per heavy atom. The molecule has 140 valence electrons. The Hall–Kier alpha value is -1.92. The van der Waals surface area contributed by atoms with Crippen molar-refractivity contribution in [1.29, 1.82) is 0 Å². The van der Waals surface area contributed by atoms with Crippen LogP contribution in [0.1, 0.15) is 32.4 Å². The second kappa shape index (κ2) is 10.8. The molecule has 0 heterocycles. The third kappa shape index (κ3) is 8.14. The van der Waals surface area contributed by atoms with E-state index in [1.54, 1.807) is 0 Å². The van der Waals surface area contributed by atoms with Gasteiger partial charge in [0.15, 0.2) is 0 Å². The van der Waals surface area contributed by atoms with Crippen LogP contribution in [0.2, 0.25) is 0 Å². The fourth-order valence-corrected chi connectivity index (χ4v) is 2.59. The van der Waals surface area contributed by atoms with Gasteiger partial charge in [0, 0.05) is 12.6 Å². The van der Waals surface area contributed by atoms with E-state index in [1.807, 2.05) is 58.0 Å². The van der Waals surface area contributed by atoms with Gasteiger partial charge in [0.2, 0.25) is 11.8 Å². The van der Waals surface area contributed by atoms with Crippen molar-refractivity contribution in [1.82, 2.24) is 20.4 Å². The fraction of sp³-hybridized carbons (Fsp3) is 0.579. The largest absolute Gasteiger partial charge is 0.353 e. The van der Waals surface area contributed by atoms with E-state index in [1.165, 1.54) is 0 Å². The number of hydrogen-bond donors (Lipinski definition) is 2. The summed E-state index contributed by atoms with van der Waals surface area (Å²) in [6.45, 7) is 7.43. The molecule has 0 aromatic heterocycles. The molecular formula is C19H32N4O2. The maximum atomic E-state index is 12.3. The second-order valence-corrected chi connectivity index (χ2v) is 6.72. The quantitative estimate of drug-likeness (QED) is 0.668. The van der Waals surface area contributed by atoms with Gasteiger partial charge in [-0.1, -0.05) is 37.3 Å². The zero-order valence-corrected chi connectivity index (χ0v) is 16.1. The van der Waals surface area contributed by atoms with Crippen molar-refractivity contribution in [2.24, 2.45) is 0 Å². The van der Waals surface area contributed by atoms with Crippen LogP contribution in [0.4, 0.5) is 0 Å². The number of nitrogens with zero attached hydrogens (tertiary/aromatic N) is 2. The van der Waals surface area contributed by atoms with Crippen LogP contribution in [0.25, 0.3) is 0 Å². The van der Waals surface area contributed by atoms with E-state index in [4.69, 9.17) is 0 Å². The average molecular weight is 348 g/mol. The molecule has 6 heteroatoms. The standard InChI is InChI=1S/C19H32N4O2/c1-6-23(14-19(25)21-15(2)3)13-18(24)20-12-17(22(4)5)16-10-8-7-9-11-16/h7-11,15,17H,6,12-14H2,1-5H3,(H,20,24)(H,21,25)/t17-/m1/s1. The van der Waals surface area contributed by atoms with E-state index in [0.29, 0.717) is 13.1 Å². The Kier molecular flexibility index (Phi) is 9.16. The van der Waals surface area contributed by atoms with E-state index in [0.717, 1.165) is 5.56 Å². The second-order valence-electron chi connectivity index (χ2n) is 6.72. The minimum Gasteiger partial charge on any atom is -0.353 e. The molecule has 0 aliphatic rings. The van der Waals surface area contributed by atoms with Crippen molar-refractivity contribution in [3.63, 3.8) is 0 Å². The van der Waals surface area contributed by atoms with Gasteiger partial charge in [-0.05, 0) is 40.1 Å². The van der Waals surface area contributed by atoms with Crippen molar-refractivity contribution < 1.29 is 9.59 Å². The van der Waals surface area contributed by atoms with Gasteiger partial charge < -0.3 is 15.5 Å². The predicted octanol–water partition coefficient (Wildman–Crippen LogP) is 1.25. The lowest BCUT2D eigenvalue weighted by molar-refractivity contribution is -0.125. The van der Waals surface area contributed by atoms with Crippen molar-refractivity contribution in [3.05, 3.63) is 35.9 Å². The SMILES string of the molecule is CCN(CC(=O)NC[C@H](c1ccccc1)N(C)C)CC(=O)NC(C)C. The smallest absolute Gasteiger partial charge is 0.234 e. The normalized spacial score (nSPS) is 12.5. The number of carbonyl (C=O) groups excluding carboxylic acids is 2. The summed E-state index contributed by atoms with van der Waals surface area (Å²) in [6.07, 6.45) is 0. The number of amides is 2. The molecule has 0 aliphatic heterocycles. The molecule has 2 amide bonds. The van der Waals surface area contributed by atoms with E-state index in [-0.39, 0.29) is 37.0 Å². The molecule has 1 atom stereocenters. The Morgan fingerprint density at radius 1 is 1.04 bits per heavy atom. The van der Waals surface area contributed by atoms with Gasteiger partial charge in [-0.3, -0.25) is 14.5 Å². The van der Waals surface area contributed by atoms with Gasteiger partial charge in [-0.15, -0.1) is 0 Å². The number of carbonyl (C=O) groups is 2. The van der Waals surface area contributed by atoms with Crippen LogP contribution >= 0.6 is 0 Å². The Labute approximate surface area is 151 Å². The third-order valence-electron chi connectivity index (χ3n) is 3.93. The zero-order chi connectivity index (χ0) is 18.8. The maximum absolute atomic E-state index is 12.3. The van der Waals surface area contributed by atoms with E-state index >= 15 is 0 Å². The van der Waals surface area contributed by atoms with E-state index in [9.17, 15) is 9.59 Å². The lowest BCUT2D eigenvalue weighted by Crippen LogP contribution is -2.45. The van der Waals surface area contributed by atoms with Crippen molar-refractivity contribution >= 4 is 11.8 Å². The van der Waals surface area contributed by atoms with Gasteiger partial charge in [-0.25, -0.2) is 0 Å². The van der Waals surface area contributed by atoms with Gasteiger partial charge in [0.05, 0.1) is 19.1 Å². The minimum absolute atomic E-state index is 0.0555. The molecule has 1 aromatic carbocycles. The lowest BCUT2D eigenvalue weighted by atomic mass is 10.1. The summed E-state index contributed by atoms with van der Waals surface area (Å²) in [5.41, 5.74) is 1.16. The first-order chi connectivity index (χ1) is 11.8. The molecule has 2 N–H and O–H groups in total. The molecule has 0 spiro atoms. The summed E-state index contributed by atoms with van der Waals surface area (Å²) in [7, 11) is 4.00. The Bertz CT molecular complexity index is 531. The predicted molar refractivity (Wildman–Crippen MR) is 101 cm³/mol. The number of nitrogens with one attached hydrogen (secondary N) is 2. The van der Waals surface area contributed by atoms with Gasteiger partial charge >= 0.3 is 0 Å². The first-order valence-electron chi connectivity index (χ1n) is 8.83. The Morgan fingerprint density at radius 3 is 2.16 bits per heavy atom. The molecule has 0 aliphatic carbocycles. The summed E-state index contributed by atoms with van der Waals surface area (Å²) >= 11 is 0. The summed E-state index contributed by atoms with van der Waals surface area (Å²) in [4.78, 5) is 28.0. The lowest BCUT2D eigenvalue weighted by Gasteiger charge is -2.26. The van der Waals surface area contributed by atoms with Crippen LogP contribution in [-0.2, 0) is 9.59 Å². The zero-order valence-electron chi connectivity index (χ0n) is 16.1. The van der Waals surface area contributed by atoms with Crippen LogP contribution in [-0.4, -0.2) is 67.9 Å². The van der Waals surface area contributed by atoms with Crippen molar-refractivity contribution in [2.75, 3.05) is 40.3 Å². The van der Waals surface area contributed by atoms with Crippen LogP contribution in [0.15, 0.2) is 30.3 Å². The fourth-order valence-electron chi connectivity index (χ4n) is 2.59. The first kappa shape index (κ1) is 21.1. The Balaban J connectivity index is 2.52. The highest BCUT2D eigenvalue weighted by Crippen LogP contribution is 2.16. The third-order valence-corrected chi connectivity index (χ3v) is 3.93. The van der Waals surface area contributed by atoms with Crippen molar-refractivity contribution in [3.8, 4) is 0 Å². The van der Waals surface area contributed by atoms with E-state index in [2.05, 4.69) is 27.7 Å². The molecule has 0 unspecified atom stereocenters. The summed E-state index contributed by atoms with van der Waals surface area (Å²) < 4.78 is 0. The average Bonchev–Trinajstić information content (AvgIpc) is 2.54. The molecule has 25 heavy (non-hydrogen) atoms. The van der Waals surface area contributed by atoms with Crippen LogP contribution < -0.4 is 10.6 Å². The molecule has 1 rings (SSSR count). The summed E-state index contributed by atoms with van der Waals surface area (Å²) in [6, 6.07) is 10.3. The molecule has 0 fully saturated rings. The van der Waals surface area contributed by atoms with Gasteiger partial charge in [0.25, 0.3) is 0 Å². The van der Waals surface area contributed by atoms with Crippen LogP contribution in [0, 0.1) is 0 Å². The molecule has 0 saturated heterocycles. The highest BCUT2D eigenvalue weighted by molar-refractivity contribution is 5.81. The van der Waals surface area contributed by atoms with Crippen LogP contribution in [0.3, 0.4) is 0 Å². The monoisotopic (exact) mass is 348 g/mol. The van der Waals surface area contributed by atoms with Crippen molar-refractivity contribution in [2.45, 2.75) is 32.9 Å². The molecule has 0 bridgehead atoms. The molecule has 0 radical (unpaired) electrons. The molecule has 6 nitrogen and oxygen atoms in total. The topological polar surface area (TPSA) is 64.7 Å². The molecular weight excluding hydrogens is 316 g/mol. The summed E-state index contributed by atoms with van der Waals surface area (Å²) in [5.74, 6) is -0.123. The maximum Gasteiger partial charge on any atom is 0.234 e. The first-order valence-corrected chi connectivity index (χ1v) is 8.83. The highest BCUT2D eigenvalue weighted by Gasteiger charge is 2.17. The van der Waals surface area contributed by atoms with E-state index < -0.39 is 0 Å². The van der Waals surface area contributed by atoms with Crippen LogP contribution in [0.5, 0.6) is 0 Å². The number of benzene rings is 1. The number of likely N-dealkylation sites (N-methyl/N-ethyl adjacent to an activating group) is 2. The molecule has 0 saturated carbocycles. The molecule has 1 aromatic rings. The highest BCUT2D eigenvalue weighted by atomic mass is 16.2. The summed E-state index contributed by atoms with van der Waals surface area (Å²) in [5, 5.41) is 5.84. The number of rotatable bonds is 10.